The third-order valence-electron chi connectivity index (χ3n) is 3.35. The maximum Gasteiger partial charge on any atom is 0.417 e. The molecule has 2 rings (SSSR count). The lowest BCUT2D eigenvalue weighted by Crippen LogP contribution is -2.15. The van der Waals surface area contributed by atoms with Crippen molar-refractivity contribution >= 4 is 29.2 Å². The van der Waals surface area contributed by atoms with Crippen molar-refractivity contribution in [2.45, 2.75) is 6.18 Å². The van der Waals surface area contributed by atoms with Gasteiger partial charge in [0.1, 0.15) is 16.5 Å². The van der Waals surface area contributed by atoms with Gasteiger partial charge < -0.3 is 19.5 Å². The molecule has 29 heavy (non-hydrogen) atoms. The van der Waals surface area contributed by atoms with Crippen LogP contribution in [-0.4, -0.2) is 31.1 Å². The average Bonchev–Trinajstić information content (AvgIpc) is 2.68. The summed E-state index contributed by atoms with van der Waals surface area (Å²) in [5, 5.41) is 2.38. The number of anilines is 1. The molecule has 1 heterocycles. The van der Waals surface area contributed by atoms with E-state index in [9.17, 15) is 22.8 Å². The Morgan fingerprint density at radius 1 is 1.14 bits per heavy atom. The molecule has 7 nitrogen and oxygen atoms in total. The van der Waals surface area contributed by atoms with E-state index in [-0.39, 0.29) is 22.3 Å². The second-order valence-electron chi connectivity index (χ2n) is 5.33. The SMILES string of the molecule is COC(=O)/C=C(/Nc1ccc(Oc2ncc(C(F)(F)F)cc2Cl)cc1)C(=O)OC. The van der Waals surface area contributed by atoms with E-state index in [1.54, 1.807) is 0 Å². The van der Waals surface area contributed by atoms with E-state index in [0.29, 0.717) is 18.0 Å². The Bertz CT molecular complexity index is 930. The zero-order chi connectivity index (χ0) is 21.6. The molecule has 1 aromatic heterocycles. The minimum atomic E-state index is -4.57. The van der Waals surface area contributed by atoms with Crippen LogP contribution < -0.4 is 10.1 Å². The van der Waals surface area contributed by atoms with Crippen molar-refractivity contribution in [3.8, 4) is 11.6 Å². The van der Waals surface area contributed by atoms with Crippen LogP contribution in [-0.2, 0) is 25.2 Å². The van der Waals surface area contributed by atoms with Crippen LogP contribution in [0.3, 0.4) is 0 Å². The average molecular weight is 431 g/mol. The van der Waals surface area contributed by atoms with E-state index < -0.39 is 23.7 Å². The molecule has 0 aliphatic rings. The number of hydrogen-bond donors (Lipinski definition) is 1. The smallest absolute Gasteiger partial charge is 0.417 e. The molecule has 0 aliphatic heterocycles. The first kappa shape index (κ1) is 22.0. The molecule has 0 unspecified atom stereocenters. The maximum atomic E-state index is 12.6. The van der Waals surface area contributed by atoms with Gasteiger partial charge in [-0.25, -0.2) is 14.6 Å². The summed E-state index contributed by atoms with van der Waals surface area (Å²) < 4.78 is 52.3. The van der Waals surface area contributed by atoms with Gasteiger partial charge in [0.05, 0.1) is 25.9 Å². The predicted octanol–water partition coefficient (Wildman–Crippen LogP) is 4.19. The number of aromatic nitrogens is 1. The summed E-state index contributed by atoms with van der Waals surface area (Å²) in [6.07, 6.45) is -3.04. The van der Waals surface area contributed by atoms with Crippen molar-refractivity contribution in [2.75, 3.05) is 19.5 Å². The van der Waals surface area contributed by atoms with Crippen molar-refractivity contribution < 1.29 is 37.0 Å². The number of benzene rings is 1. The van der Waals surface area contributed by atoms with Gasteiger partial charge in [-0.3, -0.25) is 0 Å². The zero-order valence-electron chi connectivity index (χ0n) is 15.0. The molecule has 0 fully saturated rings. The topological polar surface area (TPSA) is 86.8 Å². The molecule has 2 aromatic rings. The number of rotatable bonds is 6. The minimum absolute atomic E-state index is 0.166. The van der Waals surface area contributed by atoms with Crippen molar-refractivity contribution in [1.82, 2.24) is 4.98 Å². The van der Waals surface area contributed by atoms with Crippen LogP contribution in [0.2, 0.25) is 5.02 Å². The van der Waals surface area contributed by atoms with Gasteiger partial charge in [0.25, 0.3) is 0 Å². The molecule has 1 N–H and O–H groups in total. The third kappa shape index (κ3) is 6.11. The number of ether oxygens (including phenoxy) is 3. The first-order valence-corrected chi connectivity index (χ1v) is 8.17. The third-order valence-corrected chi connectivity index (χ3v) is 3.62. The summed E-state index contributed by atoms with van der Waals surface area (Å²) in [7, 11) is 2.30. The van der Waals surface area contributed by atoms with E-state index in [4.69, 9.17) is 16.3 Å². The lowest BCUT2D eigenvalue weighted by atomic mass is 10.2. The van der Waals surface area contributed by atoms with E-state index in [0.717, 1.165) is 20.3 Å². The van der Waals surface area contributed by atoms with E-state index in [1.807, 2.05) is 0 Å². The number of esters is 2. The molecule has 0 spiro atoms. The molecule has 0 aliphatic carbocycles. The van der Waals surface area contributed by atoms with Crippen LogP contribution >= 0.6 is 11.6 Å². The maximum absolute atomic E-state index is 12.6. The Kier molecular flexibility index (Phi) is 7.05. The van der Waals surface area contributed by atoms with E-state index >= 15 is 0 Å². The van der Waals surface area contributed by atoms with Crippen LogP contribution in [0.25, 0.3) is 0 Å². The number of alkyl halides is 3. The van der Waals surface area contributed by atoms with Gasteiger partial charge in [0, 0.05) is 11.9 Å². The molecule has 0 saturated carbocycles. The summed E-state index contributed by atoms with van der Waals surface area (Å²) in [6, 6.07) is 6.58. The second-order valence-corrected chi connectivity index (χ2v) is 5.74. The van der Waals surface area contributed by atoms with Crippen LogP contribution in [0.4, 0.5) is 18.9 Å². The van der Waals surface area contributed by atoms with Gasteiger partial charge in [-0.05, 0) is 30.3 Å². The predicted molar refractivity (Wildman–Crippen MR) is 96.5 cm³/mol. The van der Waals surface area contributed by atoms with Crippen LogP contribution in [0, 0.1) is 0 Å². The molecule has 154 valence electrons. The molecule has 0 saturated heterocycles. The van der Waals surface area contributed by atoms with Gasteiger partial charge in [-0.15, -0.1) is 0 Å². The molecule has 0 atom stereocenters. The number of hydrogen-bond acceptors (Lipinski definition) is 7. The van der Waals surface area contributed by atoms with Crippen molar-refractivity contribution in [3.63, 3.8) is 0 Å². The van der Waals surface area contributed by atoms with Gasteiger partial charge in [-0.2, -0.15) is 13.2 Å². The van der Waals surface area contributed by atoms with Crippen LogP contribution in [0.5, 0.6) is 11.6 Å². The first-order chi connectivity index (χ1) is 13.6. The minimum Gasteiger partial charge on any atom is -0.466 e. The fourth-order valence-corrected chi connectivity index (χ4v) is 2.17. The molecular formula is C18H14ClF3N2O5. The Hall–Kier alpha value is -3.27. The number of pyridine rings is 1. The lowest BCUT2D eigenvalue weighted by Gasteiger charge is -2.11. The highest BCUT2D eigenvalue weighted by atomic mass is 35.5. The number of nitrogens with zero attached hydrogens (tertiary/aromatic N) is 1. The Labute approximate surface area is 168 Å². The quantitative estimate of drug-likeness (QED) is 0.543. The summed E-state index contributed by atoms with van der Waals surface area (Å²) in [6.45, 7) is 0. The highest BCUT2D eigenvalue weighted by molar-refractivity contribution is 6.31. The summed E-state index contributed by atoms with van der Waals surface area (Å²) in [4.78, 5) is 26.7. The highest BCUT2D eigenvalue weighted by Crippen LogP contribution is 2.34. The Balaban J connectivity index is 2.15. The zero-order valence-corrected chi connectivity index (χ0v) is 15.8. The summed E-state index contributed by atoms with van der Waals surface area (Å²) in [5.74, 6) is -1.54. The second kappa shape index (κ2) is 9.28. The van der Waals surface area contributed by atoms with E-state index in [1.165, 1.54) is 24.3 Å². The van der Waals surface area contributed by atoms with Crippen LogP contribution in [0.15, 0.2) is 48.3 Å². The van der Waals surface area contributed by atoms with Crippen molar-refractivity contribution in [1.29, 1.82) is 0 Å². The normalized spacial score (nSPS) is 11.6. The fourth-order valence-electron chi connectivity index (χ4n) is 1.96. The Morgan fingerprint density at radius 2 is 1.79 bits per heavy atom. The van der Waals surface area contributed by atoms with Crippen molar-refractivity contribution in [3.05, 3.63) is 58.9 Å². The summed E-state index contributed by atoms with van der Waals surface area (Å²) >= 11 is 5.80. The van der Waals surface area contributed by atoms with Gasteiger partial charge in [-0.1, -0.05) is 11.6 Å². The number of methoxy groups -OCH3 is 2. The van der Waals surface area contributed by atoms with Crippen molar-refractivity contribution in [2.24, 2.45) is 0 Å². The standard InChI is InChI=1S/C18H14ClF3N2O5/c1-27-15(25)8-14(17(26)28-2)24-11-3-5-12(6-4-11)29-16-13(19)7-10(9-23-16)18(20,21)22/h3-9,24H,1-2H3/b14-8+. The molecule has 0 radical (unpaired) electrons. The number of nitrogens with one attached hydrogen (secondary N) is 1. The fraction of sp³-hybridized carbons (Fsp3) is 0.167. The first-order valence-electron chi connectivity index (χ1n) is 7.79. The molecule has 0 amide bonds. The van der Waals surface area contributed by atoms with Gasteiger partial charge in [0.15, 0.2) is 0 Å². The largest absolute Gasteiger partial charge is 0.466 e. The number of carbonyl (C=O) groups excluding carboxylic acids is 2. The van der Waals surface area contributed by atoms with E-state index in [2.05, 4.69) is 19.8 Å². The molecule has 11 heteroatoms. The Morgan fingerprint density at radius 3 is 2.31 bits per heavy atom. The molecule has 1 aromatic carbocycles. The lowest BCUT2D eigenvalue weighted by molar-refractivity contribution is -0.138. The molecule has 0 bridgehead atoms. The van der Waals surface area contributed by atoms with Gasteiger partial charge in [0.2, 0.25) is 5.88 Å². The molecular weight excluding hydrogens is 417 g/mol. The van der Waals surface area contributed by atoms with Crippen LogP contribution in [0.1, 0.15) is 5.56 Å². The monoisotopic (exact) mass is 430 g/mol. The highest BCUT2D eigenvalue weighted by Gasteiger charge is 2.31. The summed E-state index contributed by atoms with van der Waals surface area (Å²) in [5.41, 5.74) is -0.771. The van der Waals surface area contributed by atoms with Gasteiger partial charge >= 0.3 is 18.1 Å². The number of carbonyl (C=O) groups is 2. The number of halogens is 4.